The summed E-state index contributed by atoms with van der Waals surface area (Å²) in [6.07, 6.45) is -9.62. The van der Waals surface area contributed by atoms with E-state index >= 15 is 0 Å². The molecular formula is C15H10F6N2O2S. The van der Waals surface area contributed by atoms with Crippen molar-refractivity contribution in [3.05, 3.63) is 48.5 Å². The molecule has 0 saturated carbocycles. The first-order valence-electron chi connectivity index (χ1n) is 6.80. The fourth-order valence-corrected chi connectivity index (χ4v) is 2.04. The molecule has 0 unspecified atom stereocenters. The fraction of sp³-hybridized carbons (Fsp3) is 0.133. The van der Waals surface area contributed by atoms with Crippen LogP contribution in [0.25, 0.3) is 0 Å². The molecule has 0 aliphatic rings. The van der Waals surface area contributed by atoms with Crippen LogP contribution in [0.4, 0.5) is 37.7 Å². The average molecular weight is 396 g/mol. The molecule has 2 aromatic carbocycles. The zero-order chi connectivity index (χ0) is 19.4. The van der Waals surface area contributed by atoms with E-state index in [4.69, 9.17) is 12.2 Å². The predicted molar refractivity (Wildman–Crippen MR) is 86.1 cm³/mol. The second kappa shape index (κ2) is 7.68. The van der Waals surface area contributed by atoms with E-state index in [0.29, 0.717) is 5.69 Å². The monoisotopic (exact) mass is 396 g/mol. The summed E-state index contributed by atoms with van der Waals surface area (Å²) in [6.45, 7) is 0. The molecule has 0 heterocycles. The summed E-state index contributed by atoms with van der Waals surface area (Å²) < 4.78 is 80.3. The Bertz CT molecular complexity index is 762. The molecule has 0 atom stereocenters. The molecule has 2 rings (SSSR count). The van der Waals surface area contributed by atoms with Crippen molar-refractivity contribution < 1.29 is 35.8 Å². The van der Waals surface area contributed by atoms with Crippen molar-refractivity contribution in [1.82, 2.24) is 0 Å². The molecular weight excluding hydrogens is 386 g/mol. The van der Waals surface area contributed by atoms with E-state index in [1.54, 1.807) is 0 Å². The number of hydrogen-bond donors (Lipinski definition) is 2. The highest BCUT2D eigenvalue weighted by molar-refractivity contribution is 7.80. The summed E-state index contributed by atoms with van der Waals surface area (Å²) in [6, 6.07) is 9.73. The highest BCUT2D eigenvalue weighted by atomic mass is 32.1. The minimum Gasteiger partial charge on any atom is -0.406 e. The molecule has 0 bridgehead atoms. The highest BCUT2D eigenvalue weighted by Gasteiger charge is 2.31. The second-order valence-corrected chi connectivity index (χ2v) is 5.14. The Balaban J connectivity index is 1.95. The van der Waals surface area contributed by atoms with Crippen molar-refractivity contribution in [2.24, 2.45) is 0 Å². The lowest BCUT2D eigenvalue weighted by Crippen LogP contribution is -2.20. The van der Waals surface area contributed by atoms with Crippen LogP contribution in [-0.2, 0) is 0 Å². The zero-order valence-electron chi connectivity index (χ0n) is 12.6. The van der Waals surface area contributed by atoms with Crippen LogP contribution >= 0.6 is 12.2 Å². The molecule has 0 radical (unpaired) electrons. The third kappa shape index (κ3) is 7.05. The van der Waals surface area contributed by atoms with Crippen molar-refractivity contribution in [2.45, 2.75) is 12.7 Å². The number of thiocarbonyl (C=S) groups is 1. The number of rotatable bonds is 4. The lowest BCUT2D eigenvalue weighted by molar-refractivity contribution is -0.275. The lowest BCUT2D eigenvalue weighted by atomic mass is 10.3. The molecule has 2 N–H and O–H groups in total. The molecule has 26 heavy (non-hydrogen) atoms. The van der Waals surface area contributed by atoms with Crippen LogP contribution in [0, 0.1) is 0 Å². The summed E-state index contributed by atoms with van der Waals surface area (Å²) >= 11 is 4.99. The summed E-state index contributed by atoms with van der Waals surface area (Å²) in [5.41, 5.74) is 0.570. The predicted octanol–water partition coefficient (Wildman–Crippen LogP) is 5.29. The number of alkyl halides is 6. The first-order chi connectivity index (χ1) is 12.0. The van der Waals surface area contributed by atoms with E-state index in [0.717, 1.165) is 24.3 Å². The van der Waals surface area contributed by atoms with E-state index in [1.807, 2.05) is 0 Å². The van der Waals surface area contributed by atoms with Crippen LogP contribution < -0.4 is 20.1 Å². The standard InChI is InChI=1S/C15H10F6N2O2S/c16-14(17,18)24-11-6-4-9(5-7-11)22-13(26)23-10-2-1-3-12(8-10)25-15(19,20)21/h1-8H,(H2,22,23,26). The Morgan fingerprint density at radius 3 is 1.85 bits per heavy atom. The van der Waals surface area contributed by atoms with Gasteiger partial charge in [0, 0.05) is 17.4 Å². The van der Waals surface area contributed by atoms with Gasteiger partial charge in [-0.1, -0.05) is 6.07 Å². The van der Waals surface area contributed by atoms with Crippen LogP contribution in [0.1, 0.15) is 0 Å². The molecule has 2 aromatic rings. The summed E-state index contributed by atoms with van der Waals surface area (Å²) in [5.74, 6) is -0.835. The van der Waals surface area contributed by atoms with Crippen molar-refractivity contribution in [3.8, 4) is 11.5 Å². The first kappa shape index (κ1) is 19.6. The molecule has 0 amide bonds. The Labute approximate surface area is 148 Å². The molecule has 0 spiro atoms. The van der Waals surface area contributed by atoms with Crippen LogP contribution in [0.15, 0.2) is 48.5 Å². The van der Waals surface area contributed by atoms with Gasteiger partial charge in [0.2, 0.25) is 0 Å². The average Bonchev–Trinajstić information content (AvgIpc) is 2.46. The SMILES string of the molecule is FC(F)(F)Oc1ccc(NC(=S)Nc2cccc(OC(F)(F)F)c2)cc1. The summed E-state index contributed by atoms with van der Waals surface area (Å²) in [7, 11) is 0. The van der Waals surface area contributed by atoms with E-state index in [1.165, 1.54) is 24.3 Å². The quantitative estimate of drug-likeness (QED) is 0.543. The summed E-state index contributed by atoms with van der Waals surface area (Å²) in [4.78, 5) is 0. The van der Waals surface area contributed by atoms with Crippen LogP contribution in [0.5, 0.6) is 11.5 Å². The third-order valence-corrected chi connectivity index (χ3v) is 2.88. The van der Waals surface area contributed by atoms with Gasteiger partial charge >= 0.3 is 12.7 Å². The number of benzene rings is 2. The second-order valence-electron chi connectivity index (χ2n) is 4.73. The van der Waals surface area contributed by atoms with Gasteiger partial charge in [-0.2, -0.15) is 0 Å². The fourth-order valence-electron chi connectivity index (χ4n) is 1.80. The van der Waals surface area contributed by atoms with E-state index in [-0.39, 0.29) is 10.8 Å². The van der Waals surface area contributed by atoms with Crippen molar-refractivity contribution in [1.29, 1.82) is 0 Å². The Kier molecular flexibility index (Phi) is 5.80. The maximum absolute atomic E-state index is 12.2. The molecule has 0 aliphatic carbocycles. The maximum atomic E-state index is 12.2. The topological polar surface area (TPSA) is 42.5 Å². The number of nitrogens with one attached hydrogen (secondary N) is 2. The Morgan fingerprint density at radius 2 is 1.27 bits per heavy atom. The molecule has 4 nitrogen and oxygen atoms in total. The van der Waals surface area contributed by atoms with Gasteiger partial charge in [0.05, 0.1) is 0 Å². The van der Waals surface area contributed by atoms with Crippen LogP contribution in [0.2, 0.25) is 0 Å². The van der Waals surface area contributed by atoms with E-state index < -0.39 is 24.2 Å². The Hall–Kier alpha value is -2.69. The van der Waals surface area contributed by atoms with Gasteiger partial charge in [-0.15, -0.1) is 26.3 Å². The van der Waals surface area contributed by atoms with Crippen molar-refractivity contribution in [2.75, 3.05) is 10.6 Å². The van der Waals surface area contributed by atoms with Crippen molar-refractivity contribution >= 4 is 28.7 Å². The van der Waals surface area contributed by atoms with Gasteiger partial charge < -0.3 is 20.1 Å². The maximum Gasteiger partial charge on any atom is 0.573 e. The molecule has 0 aromatic heterocycles. The molecule has 0 saturated heterocycles. The van der Waals surface area contributed by atoms with Gasteiger partial charge in [0.15, 0.2) is 5.11 Å². The van der Waals surface area contributed by atoms with E-state index in [9.17, 15) is 26.3 Å². The molecule has 0 aliphatic heterocycles. The minimum absolute atomic E-state index is 0.0126. The van der Waals surface area contributed by atoms with Gasteiger partial charge in [0.1, 0.15) is 11.5 Å². The lowest BCUT2D eigenvalue weighted by Gasteiger charge is -2.13. The largest absolute Gasteiger partial charge is 0.573 e. The Morgan fingerprint density at radius 1 is 0.731 bits per heavy atom. The van der Waals surface area contributed by atoms with Crippen LogP contribution in [-0.4, -0.2) is 17.8 Å². The molecule has 140 valence electrons. The van der Waals surface area contributed by atoms with E-state index in [2.05, 4.69) is 20.1 Å². The van der Waals surface area contributed by atoms with Gasteiger partial charge in [0.25, 0.3) is 0 Å². The normalized spacial score (nSPS) is 11.6. The minimum atomic E-state index is -4.82. The number of hydrogen-bond acceptors (Lipinski definition) is 3. The molecule has 0 fully saturated rings. The smallest absolute Gasteiger partial charge is 0.406 e. The zero-order valence-corrected chi connectivity index (χ0v) is 13.4. The van der Waals surface area contributed by atoms with Crippen molar-refractivity contribution in [3.63, 3.8) is 0 Å². The first-order valence-corrected chi connectivity index (χ1v) is 7.21. The third-order valence-electron chi connectivity index (χ3n) is 2.67. The highest BCUT2D eigenvalue weighted by Crippen LogP contribution is 2.26. The van der Waals surface area contributed by atoms with Crippen LogP contribution in [0.3, 0.4) is 0 Å². The number of anilines is 2. The van der Waals surface area contributed by atoms with Gasteiger partial charge in [-0.25, -0.2) is 0 Å². The summed E-state index contributed by atoms with van der Waals surface area (Å²) in [5, 5.41) is 5.31. The van der Waals surface area contributed by atoms with Gasteiger partial charge in [-0.3, -0.25) is 0 Å². The molecule has 11 heteroatoms. The van der Waals surface area contributed by atoms with Gasteiger partial charge in [-0.05, 0) is 48.6 Å². The number of halogens is 6. The number of ether oxygens (including phenoxy) is 2.